The highest BCUT2D eigenvalue weighted by Gasteiger charge is 2.39. The van der Waals surface area contributed by atoms with Crippen molar-refractivity contribution in [3.8, 4) is 0 Å². The molecule has 2 aromatic heterocycles. The van der Waals surface area contributed by atoms with Crippen LogP contribution in [0.5, 0.6) is 0 Å². The van der Waals surface area contributed by atoms with E-state index < -0.39 is 16.6 Å². The number of aryl methyl sites for hydroxylation is 1. The smallest absolute Gasteiger partial charge is 0.361 e. The molecule has 0 radical (unpaired) electrons. The molecular formula is C25H18ClF3N2. The topological polar surface area (TPSA) is 20.7 Å². The SMILES string of the molecule is Cn1cc(C(Cl)(c2ccc(C(F)(F)F)cc2)c2c[nH]c3ccccc23)c2ccccc21. The number of aromatic nitrogens is 2. The molecule has 2 nitrogen and oxygen atoms in total. The summed E-state index contributed by atoms with van der Waals surface area (Å²) < 4.78 is 41.6. The highest BCUT2D eigenvalue weighted by molar-refractivity contribution is 6.30. The third-order valence-corrected chi connectivity index (χ3v) is 6.46. The lowest BCUT2D eigenvalue weighted by atomic mass is 9.83. The first-order valence-electron chi connectivity index (χ1n) is 9.78. The fourth-order valence-electron chi connectivity index (χ4n) is 4.32. The normalized spacial score (nSPS) is 14.2. The summed E-state index contributed by atoms with van der Waals surface area (Å²) in [4.78, 5) is 2.06. The summed E-state index contributed by atoms with van der Waals surface area (Å²) in [6.07, 6.45) is -0.609. The Bertz CT molecular complexity index is 1400. The van der Waals surface area contributed by atoms with Crippen molar-refractivity contribution >= 4 is 33.4 Å². The molecule has 156 valence electrons. The highest BCUT2D eigenvalue weighted by atomic mass is 35.5. The molecule has 5 rings (SSSR count). The van der Waals surface area contributed by atoms with Gasteiger partial charge in [-0.2, -0.15) is 13.2 Å². The van der Waals surface area contributed by atoms with Gasteiger partial charge in [-0.3, -0.25) is 0 Å². The Balaban J connectivity index is 1.83. The number of halogens is 4. The van der Waals surface area contributed by atoms with Gasteiger partial charge in [0.15, 0.2) is 0 Å². The molecule has 0 saturated carbocycles. The van der Waals surface area contributed by atoms with Gasteiger partial charge in [-0.1, -0.05) is 48.5 Å². The van der Waals surface area contributed by atoms with Gasteiger partial charge in [0.25, 0.3) is 0 Å². The maximum atomic E-state index is 13.2. The number of hydrogen-bond donors (Lipinski definition) is 1. The fraction of sp³-hybridized carbons (Fsp3) is 0.120. The summed E-state index contributed by atoms with van der Waals surface area (Å²) in [7, 11) is 1.94. The molecule has 6 heteroatoms. The number of benzene rings is 3. The van der Waals surface area contributed by atoms with Gasteiger partial charge < -0.3 is 9.55 Å². The average Bonchev–Trinajstić information content (AvgIpc) is 3.35. The third kappa shape index (κ3) is 3.03. The standard InChI is InChI=1S/C25H18ClF3N2/c1-31-15-21(19-7-3-5-9-23(19)31)24(26,16-10-12-17(13-11-16)25(27,28)29)20-14-30-22-8-4-2-6-18(20)22/h2-15,30H,1H3. The summed E-state index contributed by atoms with van der Waals surface area (Å²) in [5, 5.41) is 1.87. The molecule has 3 aromatic carbocycles. The van der Waals surface area contributed by atoms with Gasteiger partial charge in [0.1, 0.15) is 4.87 Å². The maximum Gasteiger partial charge on any atom is 0.416 e. The second-order valence-electron chi connectivity index (χ2n) is 7.65. The maximum absolute atomic E-state index is 13.2. The first-order valence-corrected chi connectivity index (χ1v) is 10.2. The van der Waals surface area contributed by atoms with Crippen molar-refractivity contribution in [3.05, 3.63) is 107 Å². The second kappa shape index (κ2) is 6.92. The number of nitrogens with one attached hydrogen (secondary N) is 1. The summed E-state index contributed by atoms with van der Waals surface area (Å²) in [5.74, 6) is 0. The molecule has 0 fully saturated rings. The second-order valence-corrected chi connectivity index (χ2v) is 8.22. The van der Waals surface area contributed by atoms with E-state index in [9.17, 15) is 13.2 Å². The Morgan fingerprint density at radius 1 is 0.774 bits per heavy atom. The van der Waals surface area contributed by atoms with Crippen LogP contribution in [0.25, 0.3) is 21.8 Å². The largest absolute Gasteiger partial charge is 0.416 e. The van der Waals surface area contributed by atoms with Gasteiger partial charge in [0.05, 0.1) is 5.56 Å². The summed E-state index contributed by atoms with van der Waals surface area (Å²) in [6.45, 7) is 0. The van der Waals surface area contributed by atoms with Gasteiger partial charge in [-0.05, 0) is 29.8 Å². The molecule has 0 bridgehead atoms. The van der Waals surface area contributed by atoms with E-state index in [1.165, 1.54) is 12.1 Å². The van der Waals surface area contributed by atoms with E-state index in [0.29, 0.717) is 5.56 Å². The van der Waals surface area contributed by atoms with Crippen LogP contribution in [0, 0.1) is 0 Å². The lowest BCUT2D eigenvalue weighted by Crippen LogP contribution is -2.22. The van der Waals surface area contributed by atoms with Crippen LogP contribution in [0.2, 0.25) is 0 Å². The van der Waals surface area contributed by atoms with Crippen LogP contribution in [-0.2, 0) is 18.1 Å². The molecule has 1 atom stereocenters. The van der Waals surface area contributed by atoms with Crippen LogP contribution in [0.1, 0.15) is 22.3 Å². The first-order chi connectivity index (χ1) is 14.8. The van der Waals surface area contributed by atoms with Crippen molar-refractivity contribution in [3.63, 3.8) is 0 Å². The molecule has 0 aliphatic heterocycles. The van der Waals surface area contributed by atoms with Crippen LogP contribution in [-0.4, -0.2) is 9.55 Å². The van der Waals surface area contributed by atoms with Crippen molar-refractivity contribution in [2.45, 2.75) is 11.1 Å². The number of nitrogens with zero attached hydrogens (tertiary/aromatic N) is 1. The van der Waals surface area contributed by atoms with Gasteiger partial charge in [-0.25, -0.2) is 0 Å². The van der Waals surface area contributed by atoms with Crippen molar-refractivity contribution in [2.24, 2.45) is 7.05 Å². The summed E-state index contributed by atoms with van der Waals surface area (Å²) in [5.41, 5.74) is 3.39. The van der Waals surface area contributed by atoms with Crippen LogP contribution in [0.15, 0.2) is 85.2 Å². The van der Waals surface area contributed by atoms with Crippen molar-refractivity contribution in [2.75, 3.05) is 0 Å². The van der Waals surface area contributed by atoms with E-state index in [1.807, 2.05) is 72.5 Å². The number of fused-ring (bicyclic) bond motifs is 2. The van der Waals surface area contributed by atoms with Crippen LogP contribution >= 0.6 is 11.6 Å². The van der Waals surface area contributed by atoms with Gasteiger partial charge in [-0.15, -0.1) is 11.6 Å². The molecule has 31 heavy (non-hydrogen) atoms. The Morgan fingerprint density at radius 3 is 2.10 bits per heavy atom. The van der Waals surface area contributed by atoms with Gasteiger partial charge in [0.2, 0.25) is 0 Å². The number of H-pyrrole nitrogens is 1. The number of hydrogen-bond acceptors (Lipinski definition) is 0. The van der Waals surface area contributed by atoms with Gasteiger partial charge >= 0.3 is 6.18 Å². The Hall–Kier alpha value is -3.18. The monoisotopic (exact) mass is 438 g/mol. The van der Waals surface area contributed by atoms with Gasteiger partial charge in [0, 0.05) is 52.4 Å². The third-order valence-electron chi connectivity index (χ3n) is 5.84. The van der Waals surface area contributed by atoms with Crippen molar-refractivity contribution in [1.82, 2.24) is 9.55 Å². The van der Waals surface area contributed by atoms with Crippen molar-refractivity contribution < 1.29 is 13.2 Å². The molecule has 0 amide bonds. The number of rotatable bonds is 3. The quantitative estimate of drug-likeness (QED) is 0.287. The van der Waals surface area contributed by atoms with E-state index in [1.54, 1.807) is 0 Å². The molecule has 0 saturated heterocycles. The van der Waals surface area contributed by atoms with Crippen LogP contribution < -0.4 is 0 Å². The average molecular weight is 439 g/mol. The first kappa shape index (κ1) is 19.8. The molecule has 1 N–H and O–H groups in total. The number of para-hydroxylation sites is 2. The minimum absolute atomic E-state index is 0.572. The summed E-state index contributed by atoms with van der Waals surface area (Å²) >= 11 is 7.48. The molecule has 5 aromatic rings. The molecule has 2 heterocycles. The molecule has 0 spiro atoms. The van der Waals surface area contributed by atoms with E-state index in [2.05, 4.69) is 4.98 Å². The van der Waals surface area contributed by atoms with Crippen molar-refractivity contribution in [1.29, 1.82) is 0 Å². The van der Waals surface area contributed by atoms with E-state index in [-0.39, 0.29) is 0 Å². The number of alkyl halides is 4. The molecule has 0 aliphatic rings. The Kier molecular flexibility index (Phi) is 4.41. The predicted octanol–water partition coefficient (Wildman–Crippen LogP) is 7.21. The zero-order chi connectivity index (χ0) is 21.8. The lowest BCUT2D eigenvalue weighted by Gasteiger charge is -2.28. The zero-order valence-electron chi connectivity index (χ0n) is 16.5. The number of aromatic amines is 1. The lowest BCUT2D eigenvalue weighted by molar-refractivity contribution is -0.137. The minimum Gasteiger partial charge on any atom is -0.361 e. The molecule has 1 unspecified atom stereocenters. The zero-order valence-corrected chi connectivity index (χ0v) is 17.3. The summed E-state index contributed by atoms with van der Waals surface area (Å²) in [6, 6.07) is 20.8. The van der Waals surface area contributed by atoms with Crippen LogP contribution in [0.3, 0.4) is 0 Å². The van der Waals surface area contributed by atoms with E-state index >= 15 is 0 Å². The van der Waals surface area contributed by atoms with Crippen LogP contribution in [0.4, 0.5) is 13.2 Å². The Labute approximate surface area is 181 Å². The predicted molar refractivity (Wildman–Crippen MR) is 118 cm³/mol. The highest BCUT2D eigenvalue weighted by Crippen LogP contribution is 2.48. The molecular weight excluding hydrogens is 421 g/mol. The fourth-order valence-corrected chi connectivity index (χ4v) is 4.75. The minimum atomic E-state index is -4.41. The van der Waals surface area contributed by atoms with E-state index in [0.717, 1.165) is 45.1 Å². The molecule has 0 aliphatic carbocycles. The van der Waals surface area contributed by atoms with E-state index in [4.69, 9.17) is 11.6 Å². The Morgan fingerprint density at radius 2 is 1.39 bits per heavy atom.